The number of carbonyl (C=O) groups is 1. The number of hydrogen-bond donors (Lipinski definition) is 1. The summed E-state index contributed by atoms with van der Waals surface area (Å²) >= 11 is 0. The van der Waals surface area contributed by atoms with E-state index >= 15 is 0 Å². The van der Waals surface area contributed by atoms with E-state index in [1.165, 1.54) is 0 Å². The second-order valence-corrected chi connectivity index (χ2v) is 3.65. The van der Waals surface area contributed by atoms with Crippen molar-refractivity contribution in [1.82, 2.24) is 0 Å². The van der Waals surface area contributed by atoms with Crippen LogP contribution < -0.4 is 5.82 Å². The van der Waals surface area contributed by atoms with E-state index in [-0.39, 0.29) is 17.9 Å². The molecule has 0 aliphatic heterocycles. The van der Waals surface area contributed by atoms with Crippen molar-refractivity contribution in [3.63, 3.8) is 0 Å². The molecule has 0 aliphatic carbocycles. The molecule has 1 heterocycles. The zero-order chi connectivity index (χ0) is 12.4. The van der Waals surface area contributed by atoms with E-state index in [0.717, 1.165) is 5.56 Å². The van der Waals surface area contributed by atoms with Crippen molar-refractivity contribution in [1.29, 1.82) is 0 Å². The molecule has 0 unspecified atom stereocenters. The highest BCUT2D eigenvalue weighted by Gasteiger charge is 2.17. The maximum Gasteiger partial charge on any atom is 0.519 e. The molecule has 5 heteroatoms. The molecule has 0 atom stereocenters. The Labute approximate surface area is 96.3 Å². The van der Waals surface area contributed by atoms with E-state index in [9.17, 15) is 9.59 Å². The van der Waals surface area contributed by atoms with Gasteiger partial charge in [-0.05, 0) is 13.0 Å². The summed E-state index contributed by atoms with van der Waals surface area (Å²) in [5, 5.41) is 8.70. The van der Waals surface area contributed by atoms with Gasteiger partial charge in [0.2, 0.25) is 0 Å². The van der Waals surface area contributed by atoms with Crippen molar-refractivity contribution in [2.75, 3.05) is 0 Å². The highest BCUT2D eigenvalue weighted by atomic mass is 16.6. The van der Waals surface area contributed by atoms with E-state index in [0.29, 0.717) is 5.56 Å². The van der Waals surface area contributed by atoms with E-state index < -0.39 is 11.8 Å². The summed E-state index contributed by atoms with van der Waals surface area (Å²) < 4.78 is 9.59. The van der Waals surface area contributed by atoms with Crippen molar-refractivity contribution in [2.24, 2.45) is 0 Å². The zero-order valence-corrected chi connectivity index (χ0v) is 9.10. The lowest BCUT2D eigenvalue weighted by atomic mass is 10.1. The molecule has 0 bridgehead atoms. The van der Waals surface area contributed by atoms with Crippen LogP contribution in [-0.4, -0.2) is 11.1 Å². The van der Waals surface area contributed by atoms with E-state index in [1.54, 1.807) is 18.2 Å². The first-order valence-corrected chi connectivity index (χ1v) is 4.98. The van der Waals surface area contributed by atoms with Crippen molar-refractivity contribution in [3.8, 4) is 11.3 Å². The second kappa shape index (κ2) is 4.29. The number of benzene rings is 1. The Balaban J connectivity index is 2.51. The topological polar surface area (TPSA) is 80.7 Å². The molecule has 1 N–H and O–H groups in total. The first-order chi connectivity index (χ1) is 8.06. The van der Waals surface area contributed by atoms with Crippen molar-refractivity contribution >= 4 is 5.97 Å². The predicted molar refractivity (Wildman–Crippen MR) is 58.8 cm³/mol. The Morgan fingerprint density at radius 2 is 2.12 bits per heavy atom. The third-order valence-corrected chi connectivity index (χ3v) is 2.24. The normalized spacial score (nSPS) is 10.4. The molecule has 1 aromatic heterocycles. The SMILES string of the molecule is Cc1cccc(-c2oc(=O)oc2CC(=O)O)c1. The quantitative estimate of drug-likeness (QED) is 0.876. The number of carboxylic acids is 1. The van der Waals surface area contributed by atoms with Gasteiger partial charge < -0.3 is 13.9 Å². The molecular formula is C12H10O5. The minimum absolute atomic E-state index is 0.0353. The Hall–Kier alpha value is -2.30. The molecule has 0 fully saturated rings. The number of carboxylic acid groups (broad SMARTS) is 1. The fraction of sp³-hybridized carbons (Fsp3) is 0.167. The van der Waals surface area contributed by atoms with Crippen molar-refractivity contribution in [3.05, 3.63) is 46.2 Å². The molecule has 2 aromatic rings. The molecule has 0 aliphatic rings. The molecule has 0 radical (unpaired) electrons. The zero-order valence-electron chi connectivity index (χ0n) is 9.10. The monoisotopic (exact) mass is 234 g/mol. The maximum atomic E-state index is 11.0. The Bertz CT molecular complexity index is 605. The van der Waals surface area contributed by atoms with Gasteiger partial charge in [0.15, 0.2) is 11.5 Å². The number of hydrogen-bond acceptors (Lipinski definition) is 4. The van der Waals surface area contributed by atoms with Crippen molar-refractivity contribution in [2.45, 2.75) is 13.3 Å². The number of aryl methyl sites for hydroxylation is 1. The molecule has 88 valence electrons. The van der Waals surface area contributed by atoms with E-state index in [4.69, 9.17) is 13.9 Å². The summed E-state index contributed by atoms with van der Waals surface area (Å²) in [7, 11) is 0. The summed E-state index contributed by atoms with van der Waals surface area (Å²) in [5.41, 5.74) is 1.61. The maximum absolute atomic E-state index is 11.0. The third-order valence-electron chi connectivity index (χ3n) is 2.24. The van der Waals surface area contributed by atoms with Gasteiger partial charge >= 0.3 is 11.8 Å². The van der Waals surface area contributed by atoms with Gasteiger partial charge in [0.25, 0.3) is 0 Å². The molecule has 17 heavy (non-hydrogen) atoms. The van der Waals surface area contributed by atoms with Gasteiger partial charge in [0, 0.05) is 5.56 Å². The van der Waals surface area contributed by atoms with Crippen LogP contribution in [0.25, 0.3) is 11.3 Å². The lowest BCUT2D eigenvalue weighted by molar-refractivity contribution is -0.136. The summed E-state index contributed by atoms with van der Waals surface area (Å²) in [5.74, 6) is -1.75. The molecule has 2 rings (SSSR count). The van der Waals surface area contributed by atoms with Gasteiger partial charge in [0.1, 0.15) is 6.42 Å². The molecule has 1 aromatic carbocycles. The molecule has 0 spiro atoms. The van der Waals surface area contributed by atoms with Crippen LogP contribution in [0.1, 0.15) is 11.3 Å². The standard InChI is InChI=1S/C12H10O5/c1-7-3-2-4-8(5-7)11-9(6-10(13)14)16-12(15)17-11/h2-5H,6H2,1H3,(H,13,14). The first kappa shape index (κ1) is 11.2. The highest BCUT2D eigenvalue weighted by molar-refractivity contribution is 5.72. The van der Waals surface area contributed by atoms with Gasteiger partial charge in [-0.15, -0.1) is 0 Å². The predicted octanol–water partition coefficient (Wildman–Crippen LogP) is 1.84. The van der Waals surface area contributed by atoms with Crippen LogP contribution >= 0.6 is 0 Å². The van der Waals surface area contributed by atoms with Crippen LogP contribution in [0.15, 0.2) is 37.9 Å². The lowest BCUT2D eigenvalue weighted by Crippen LogP contribution is -2.00. The minimum Gasteiger partial charge on any atom is -0.481 e. The Morgan fingerprint density at radius 3 is 2.76 bits per heavy atom. The van der Waals surface area contributed by atoms with Crippen LogP contribution in [0.3, 0.4) is 0 Å². The van der Waals surface area contributed by atoms with Crippen LogP contribution in [0.2, 0.25) is 0 Å². The summed E-state index contributed by atoms with van der Waals surface area (Å²) in [6.07, 6.45) is -0.380. The largest absolute Gasteiger partial charge is 0.519 e. The fourth-order valence-electron chi connectivity index (χ4n) is 1.57. The van der Waals surface area contributed by atoms with Gasteiger partial charge in [-0.1, -0.05) is 23.8 Å². The number of rotatable bonds is 3. The first-order valence-electron chi connectivity index (χ1n) is 4.98. The highest BCUT2D eigenvalue weighted by Crippen LogP contribution is 2.24. The molecule has 0 saturated carbocycles. The average Bonchev–Trinajstić information content (AvgIpc) is 2.58. The second-order valence-electron chi connectivity index (χ2n) is 3.65. The lowest BCUT2D eigenvalue weighted by Gasteiger charge is -1.99. The summed E-state index contributed by atoms with van der Waals surface area (Å²) in [4.78, 5) is 21.6. The van der Waals surface area contributed by atoms with Crippen LogP contribution in [-0.2, 0) is 11.2 Å². The Morgan fingerprint density at radius 1 is 1.35 bits per heavy atom. The van der Waals surface area contributed by atoms with E-state index in [1.807, 2.05) is 13.0 Å². The van der Waals surface area contributed by atoms with Gasteiger partial charge in [-0.25, -0.2) is 4.79 Å². The van der Waals surface area contributed by atoms with Crippen LogP contribution in [0.4, 0.5) is 0 Å². The van der Waals surface area contributed by atoms with Crippen molar-refractivity contribution < 1.29 is 18.7 Å². The average molecular weight is 234 g/mol. The van der Waals surface area contributed by atoms with E-state index in [2.05, 4.69) is 0 Å². The van der Waals surface area contributed by atoms with Gasteiger partial charge in [-0.2, -0.15) is 0 Å². The fourth-order valence-corrected chi connectivity index (χ4v) is 1.57. The van der Waals surface area contributed by atoms with Crippen LogP contribution in [0, 0.1) is 6.92 Å². The summed E-state index contributed by atoms with van der Waals surface area (Å²) in [6, 6.07) is 7.20. The molecule has 0 amide bonds. The molecule has 0 saturated heterocycles. The van der Waals surface area contributed by atoms with Gasteiger partial charge in [0.05, 0.1) is 0 Å². The molecular weight excluding hydrogens is 224 g/mol. The Kier molecular flexibility index (Phi) is 2.82. The third kappa shape index (κ3) is 2.44. The van der Waals surface area contributed by atoms with Gasteiger partial charge in [-0.3, -0.25) is 4.79 Å². The summed E-state index contributed by atoms with van der Waals surface area (Å²) in [6.45, 7) is 1.89. The number of aliphatic carboxylic acids is 1. The smallest absolute Gasteiger partial charge is 0.481 e. The molecule has 5 nitrogen and oxygen atoms in total. The van der Waals surface area contributed by atoms with Crippen LogP contribution in [0.5, 0.6) is 0 Å². The minimum atomic E-state index is -1.08.